The van der Waals surface area contributed by atoms with E-state index in [1.807, 2.05) is 51.2 Å². The number of rotatable bonds is 4. The van der Waals surface area contributed by atoms with Crippen molar-refractivity contribution in [1.82, 2.24) is 20.3 Å². The van der Waals surface area contributed by atoms with E-state index in [2.05, 4.69) is 15.6 Å². The molecule has 3 heterocycles. The quantitative estimate of drug-likeness (QED) is 0.763. The molecule has 4 rings (SSSR count). The molecule has 0 spiro atoms. The van der Waals surface area contributed by atoms with Crippen molar-refractivity contribution in [3.63, 3.8) is 0 Å². The van der Waals surface area contributed by atoms with E-state index in [0.717, 1.165) is 23.4 Å². The fraction of sp³-hybridized carbons (Fsp3) is 0.350. The first-order valence-corrected chi connectivity index (χ1v) is 9.03. The molecule has 1 N–H and O–H groups in total. The van der Waals surface area contributed by atoms with Crippen molar-refractivity contribution in [3.05, 3.63) is 54.0 Å². The first-order valence-electron chi connectivity index (χ1n) is 9.03. The lowest BCUT2D eigenvalue weighted by Gasteiger charge is -2.37. The minimum atomic E-state index is -0.365. The van der Waals surface area contributed by atoms with Gasteiger partial charge in [-0.05, 0) is 26.8 Å². The average molecular weight is 366 g/mol. The molecule has 2 aromatic heterocycles. The maximum atomic E-state index is 12.7. The summed E-state index contributed by atoms with van der Waals surface area (Å²) in [6.07, 6.45) is 4.23. The second-order valence-electron chi connectivity index (χ2n) is 7.29. The van der Waals surface area contributed by atoms with Gasteiger partial charge in [0.1, 0.15) is 11.4 Å². The van der Waals surface area contributed by atoms with Gasteiger partial charge < -0.3 is 14.6 Å². The number of nitrogens with one attached hydrogen (secondary N) is 1. The molecule has 0 bridgehead atoms. The third-order valence-electron chi connectivity index (χ3n) is 4.67. The van der Waals surface area contributed by atoms with Gasteiger partial charge in [-0.25, -0.2) is 0 Å². The number of benzene rings is 1. The van der Waals surface area contributed by atoms with E-state index in [0.29, 0.717) is 12.2 Å². The Balaban J connectivity index is 1.54. The van der Waals surface area contributed by atoms with Crippen molar-refractivity contribution in [2.75, 3.05) is 0 Å². The minimum Gasteiger partial charge on any atom is -0.487 e. The highest BCUT2D eigenvalue weighted by Gasteiger charge is 2.34. The van der Waals surface area contributed by atoms with E-state index in [1.54, 1.807) is 16.9 Å². The Morgan fingerprint density at radius 2 is 2.19 bits per heavy atom. The zero-order valence-electron chi connectivity index (χ0n) is 15.6. The lowest BCUT2D eigenvalue weighted by atomic mass is 9.89. The maximum absolute atomic E-state index is 12.7. The summed E-state index contributed by atoms with van der Waals surface area (Å²) in [5.41, 5.74) is 1.64. The van der Waals surface area contributed by atoms with Gasteiger partial charge in [-0.3, -0.25) is 9.48 Å². The van der Waals surface area contributed by atoms with Crippen LogP contribution in [-0.4, -0.2) is 26.4 Å². The number of hydrogen-bond acceptors (Lipinski definition) is 5. The molecular formula is C20H22N4O3. The molecular weight excluding hydrogens is 344 g/mol. The summed E-state index contributed by atoms with van der Waals surface area (Å²) in [5.74, 6) is 1.05. The predicted molar refractivity (Wildman–Crippen MR) is 99.4 cm³/mol. The van der Waals surface area contributed by atoms with Crippen LogP contribution in [0.5, 0.6) is 5.75 Å². The zero-order valence-corrected chi connectivity index (χ0v) is 15.6. The molecule has 3 aromatic rings. The molecule has 0 saturated heterocycles. The lowest BCUT2D eigenvalue weighted by Crippen LogP contribution is -2.41. The fourth-order valence-corrected chi connectivity index (χ4v) is 3.35. The van der Waals surface area contributed by atoms with Crippen molar-refractivity contribution < 1.29 is 14.1 Å². The van der Waals surface area contributed by atoms with Gasteiger partial charge in [0.15, 0.2) is 11.5 Å². The van der Waals surface area contributed by atoms with Gasteiger partial charge in [0.25, 0.3) is 5.91 Å². The third-order valence-corrected chi connectivity index (χ3v) is 4.67. The molecule has 7 heteroatoms. The molecule has 1 atom stereocenters. The van der Waals surface area contributed by atoms with Gasteiger partial charge in [0.05, 0.1) is 17.8 Å². The number of carbonyl (C=O) groups is 1. The van der Waals surface area contributed by atoms with Crippen LogP contribution in [0.2, 0.25) is 0 Å². The Morgan fingerprint density at radius 3 is 2.96 bits per heavy atom. The number of aromatic nitrogens is 3. The van der Waals surface area contributed by atoms with Crippen molar-refractivity contribution in [1.29, 1.82) is 0 Å². The summed E-state index contributed by atoms with van der Waals surface area (Å²) in [4.78, 5) is 12.7. The highest BCUT2D eigenvalue weighted by molar-refractivity contribution is 5.93. The van der Waals surface area contributed by atoms with E-state index in [1.165, 1.54) is 0 Å². The largest absolute Gasteiger partial charge is 0.487 e. The molecule has 1 aromatic carbocycles. The Morgan fingerprint density at radius 1 is 1.37 bits per heavy atom. The molecule has 1 amide bonds. The normalized spacial score (nSPS) is 17.8. The number of hydrogen-bond donors (Lipinski definition) is 1. The highest BCUT2D eigenvalue weighted by atomic mass is 16.5. The topological polar surface area (TPSA) is 82.2 Å². The van der Waals surface area contributed by atoms with Crippen LogP contribution < -0.4 is 10.1 Å². The maximum Gasteiger partial charge on any atom is 0.273 e. The number of nitrogens with zero attached hydrogens (tertiary/aromatic N) is 3. The number of fused-ring (bicyclic) bond motifs is 1. The summed E-state index contributed by atoms with van der Waals surface area (Å²) < 4.78 is 13.1. The number of ether oxygens (including phenoxy) is 1. The Hall–Kier alpha value is -3.09. The van der Waals surface area contributed by atoms with Crippen LogP contribution in [0.15, 0.2) is 47.2 Å². The summed E-state index contributed by atoms with van der Waals surface area (Å²) in [6, 6.07) is 9.26. The number of para-hydroxylation sites is 1. The van der Waals surface area contributed by atoms with Crippen LogP contribution >= 0.6 is 0 Å². The van der Waals surface area contributed by atoms with E-state index >= 15 is 0 Å². The summed E-state index contributed by atoms with van der Waals surface area (Å²) in [6.45, 7) is 6.80. The third kappa shape index (κ3) is 3.45. The smallest absolute Gasteiger partial charge is 0.273 e. The van der Waals surface area contributed by atoms with Gasteiger partial charge >= 0.3 is 0 Å². The van der Waals surface area contributed by atoms with Crippen LogP contribution in [-0.2, 0) is 6.54 Å². The van der Waals surface area contributed by atoms with Gasteiger partial charge in [0, 0.05) is 30.8 Å². The van der Waals surface area contributed by atoms with E-state index < -0.39 is 0 Å². The molecule has 0 aliphatic carbocycles. The van der Waals surface area contributed by atoms with Crippen LogP contribution in [0.1, 0.15) is 49.3 Å². The minimum absolute atomic E-state index is 0.152. The fourth-order valence-electron chi connectivity index (χ4n) is 3.35. The van der Waals surface area contributed by atoms with Crippen molar-refractivity contribution in [3.8, 4) is 17.1 Å². The first-order chi connectivity index (χ1) is 12.9. The molecule has 140 valence electrons. The Kier molecular flexibility index (Phi) is 4.22. The molecule has 1 unspecified atom stereocenters. The molecule has 1 aliphatic rings. The van der Waals surface area contributed by atoms with Gasteiger partial charge in [-0.2, -0.15) is 5.10 Å². The summed E-state index contributed by atoms with van der Waals surface area (Å²) >= 11 is 0. The second kappa shape index (κ2) is 6.57. The van der Waals surface area contributed by atoms with E-state index in [4.69, 9.17) is 9.26 Å². The van der Waals surface area contributed by atoms with Crippen LogP contribution in [0, 0.1) is 0 Å². The number of aryl methyl sites for hydroxylation is 1. The predicted octanol–water partition coefficient (Wildman–Crippen LogP) is 3.59. The lowest BCUT2D eigenvalue weighted by molar-refractivity contribution is 0.0617. The highest BCUT2D eigenvalue weighted by Crippen LogP contribution is 2.39. The number of carbonyl (C=O) groups excluding carboxylic acids is 1. The van der Waals surface area contributed by atoms with Crippen molar-refractivity contribution in [2.45, 2.75) is 45.4 Å². The van der Waals surface area contributed by atoms with Crippen LogP contribution in [0.4, 0.5) is 0 Å². The van der Waals surface area contributed by atoms with Crippen molar-refractivity contribution in [2.24, 2.45) is 0 Å². The van der Waals surface area contributed by atoms with E-state index in [9.17, 15) is 4.79 Å². The Bertz CT molecular complexity index is 973. The zero-order chi connectivity index (χ0) is 19.0. The van der Waals surface area contributed by atoms with Gasteiger partial charge in [0.2, 0.25) is 0 Å². The molecule has 0 fully saturated rings. The van der Waals surface area contributed by atoms with Crippen molar-refractivity contribution >= 4 is 5.91 Å². The standard InChI is InChI=1S/C20H22N4O3/c1-4-24-12-13(11-21-24)18-9-15(23-27-18)19(25)22-16-10-20(2,3)26-17-8-6-5-7-14(16)17/h5-9,11-12,16H,4,10H2,1-3H3,(H,22,25). The van der Waals surface area contributed by atoms with Crippen LogP contribution in [0.3, 0.4) is 0 Å². The molecule has 1 aliphatic heterocycles. The summed E-state index contributed by atoms with van der Waals surface area (Å²) in [5, 5.41) is 11.2. The van der Waals surface area contributed by atoms with Gasteiger partial charge in [-0.15, -0.1) is 0 Å². The monoisotopic (exact) mass is 366 g/mol. The van der Waals surface area contributed by atoms with Crippen LogP contribution in [0.25, 0.3) is 11.3 Å². The molecule has 27 heavy (non-hydrogen) atoms. The second-order valence-corrected chi connectivity index (χ2v) is 7.29. The van der Waals surface area contributed by atoms with E-state index in [-0.39, 0.29) is 23.2 Å². The SMILES string of the molecule is CCn1cc(-c2cc(C(=O)NC3CC(C)(C)Oc4ccccc43)no2)cn1. The number of amides is 1. The van der Waals surface area contributed by atoms with Gasteiger partial charge in [-0.1, -0.05) is 23.4 Å². The Labute approximate surface area is 157 Å². The molecule has 0 saturated carbocycles. The molecule has 0 radical (unpaired) electrons. The summed E-state index contributed by atoms with van der Waals surface area (Å²) in [7, 11) is 0. The molecule has 7 nitrogen and oxygen atoms in total. The first kappa shape index (κ1) is 17.3. The average Bonchev–Trinajstić information content (AvgIpc) is 3.30.